The highest BCUT2D eigenvalue weighted by atomic mass is 35.5. The quantitative estimate of drug-likeness (QED) is 0.776. The van der Waals surface area contributed by atoms with Crippen LogP contribution in [0.1, 0.15) is 23.2 Å². The average Bonchev–Trinajstić information content (AvgIpc) is 2.72. The van der Waals surface area contributed by atoms with Gasteiger partial charge in [0, 0.05) is 31.7 Å². The van der Waals surface area contributed by atoms with Gasteiger partial charge in [-0.2, -0.15) is 0 Å². The monoisotopic (exact) mass is 403 g/mol. The van der Waals surface area contributed by atoms with Crippen molar-refractivity contribution in [1.82, 2.24) is 10.2 Å². The normalized spacial score (nSPS) is 16.0. The molecule has 1 aliphatic rings. The lowest BCUT2D eigenvalue weighted by Gasteiger charge is -2.32. The Morgan fingerprint density at radius 1 is 1.11 bits per heavy atom. The van der Waals surface area contributed by atoms with Gasteiger partial charge in [0.05, 0.1) is 5.92 Å². The van der Waals surface area contributed by atoms with Crippen LogP contribution in [0.4, 0.5) is 0 Å². The van der Waals surface area contributed by atoms with E-state index in [-0.39, 0.29) is 30.1 Å². The molecule has 1 aliphatic heterocycles. The van der Waals surface area contributed by atoms with Crippen molar-refractivity contribution in [2.45, 2.75) is 12.8 Å². The standard InChI is InChI=1S/C21H25N3O3.ClH/c22-11-12-23-20(25)17-7-5-13-24(15-17)21(26)16-6-4-10-19(14-16)27-18-8-2-1-3-9-18;/h1-4,6,8-10,14,17H,5,7,11-13,15,22H2,(H,23,25);1H. The van der Waals surface area contributed by atoms with Gasteiger partial charge in [-0.25, -0.2) is 0 Å². The molecular weight excluding hydrogens is 378 g/mol. The Morgan fingerprint density at radius 3 is 2.61 bits per heavy atom. The van der Waals surface area contributed by atoms with Crippen molar-refractivity contribution in [1.29, 1.82) is 0 Å². The number of rotatable bonds is 6. The van der Waals surface area contributed by atoms with Crippen LogP contribution in [0.25, 0.3) is 0 Å². The Bertz CT molecular complexity index is 785. The van der Waals surface area contributed by atoms with Crippen molar-refractivity contribution >= 4 is 24.2 Å². The molecule has 1 fully saturated rings. The van der Waals surface area contributed by atoms with Crippen LogP contribution in [-0.4, -0.2) is 42.9 Å². The molecule has 0 saturated carbocycles. The Balaban J connectivity index is 0.00000280. The lowest BCUT2D eigenvalue weighted by atomic mass is 9.96. The Kier molecular flexibility index (Phi) is 8.29. The first-order valence-electron chi connectivity index (χ1n) is 9.27. The summed E-state index contributed by atoms with van der Waals surface area (Å²) in [5.74, 6) is 1.04. The van der Waals surface area contributed by atoms with E-state index >= 15 is 0 Å². The van der Waals surface area contributed by atoms with E-state index in [1.54, 1.807) is 23.1 Å². The van der Waals surface area contributed by atoms with Crippen molar-refractivity contribution < 1.29 is 14.3 Å². The number of nitrogens with two attached hydrogens (primary N) is 1. The summed E-state index contributed by atoms with van der Waals surface area (Å²) < 4.78 is 5.81. The van der Waals surface area contributed by atoms with Crippen LogP contribution in [0.15, 0.2) is 54.6 Å². The maximum Gasteiger partial charge on any atom is 0.254 e. The molecule has 6 nitrogen and oxygen atoms in total. The second-order valence-electron chi connectivity index (χ2n) is 6.61. The molecule has 1 atom stereocenters. The van der Waals surface area contributed by atoms with Crippen LogP contribution in [0.5, 0.6) is 11.5 Å². The fourth-order valence-corrected chi connectivity index (χ4v) is 3.22. The molecule has 1 unspecified atom stereocenters. The van der Waals surface area contributed by atoms with Crippen LogP contribution in [-0.2, 0) is 4.79 Å². The van der Waals surface area contributed by atoms with E-state index in [2.05, 4.69) is 5.32 Å². The number of nitrogens with one attached hydrogen (secondary N) is 1. The van der Waals surface area contributed by atoms with Crippen molar-refractivity contribution in [3.63, 3.8) is 0 Å². The largest absolute Gasteiger partial charge is 0.457 e. The maximum atomic E-state index is 12.9. The summed E-state index contributed by atoms with van der Waals surface area (Å²) in [6, 6.07) is 16.6. The minimum atomic E-state index is -0.182. The van der Waals surface area contributed by atoms with Gasteiger partial charge in [0.2, 0.25) is 5.91 Å². The molecule has 2 aromatic rings. The molecule has 3 N–H and O–H groups in total. The van der Waals surface area contributed by atoms with Crippen LogP contribution in [0, 0.1) is 5.92 Å². The zero-order valence-electron chi connectivity index (χ0n) is 15.7. The Hall–Kier alpha value is -2.57. The molecule has 150 valence electrons. The SMILES string of the molecule is Cl.NCCNC(=O)C1CCCN(C(=O)c2cccc(Oc3ccccc3)c2)C1. The molecule has 7 heteroatoms. The maximum absolute atomic E-state index is 12.9. The topological polar surface area (TPSA) is 84.7 Å². The minimum Gasteiger partial charge on any atom is -0.457 e. The summed E-state index contributed by atoms with van der Waals surface area (Å²) in [5, 5.41) is 2.82. The van der Waals surface area contributed by atoms with Gasteiger partial charge in [-0.05, 0) is 43.2 Å². The molecule has 1 saturated heterocycles. The molecule has 28 heavy (non-hydrogen) atoms. The minimum absolute atomic E-state index is 0. The molecule has 2 amide bonds. The number of hydrogen-bond donors (Lipinski definition) is 2. The van der Waals surface area contributed by atoms with Gasteiger partial charge in [0.15, 0.2) is 0 Å². The highest BCUT2D eigenvalue weighted by Gasteiger charge is 2.28. The van der Waals surface area contributed by atoms with E-state index in [4.69, 9.17) is 10.5 Å². The molecule has 0 bridgehead atoms. The summed E-state index contributed by atoms with van der Waals surface area (Å²) in [7, 11) is 0. The Labute approximate surface area is 171 Å². The third kappa shape index (κ3) is 5.71. The summed E-state index contributed by atoms with van der Waals surface area (Å²) in [6.07, 6.45) is 1.60. The second kappa shape index (κ2) is 10.7. The van der Waals surface area contributed by atoms with E-state index in [0.29, 0.717) is 37.5 Å². The third-order valence-electron chi connectivity index (χ3n) is 4.58. The number of amides is 2. The van der Waals surface area contributed by atoms with Crippen molar-refractivity contribution in [3.05, 3.63) is 60.2 Å². The number of likely N-dealkylation sites (tertiary alicyclic amines) is 1. The van der Waals surface area contributed by atoms with Gasteiger partial charge in [0.1, 0.15) is 11.5 Å². The summed E-state index contributed by atoms with van der Waals surface area (Å²) in [4.78, 5) is 26.8. The fourth-order valence-electron chi connectivity index (χ4n) is 3.22. The van der Waals surface area contributed by atoms with Gasteiger partial charge >= 0.3 is 0 Å². The molecule has 0 spiro atoms. The summed E-state index contributed by atoms with van der Waals surface area (Å²) in [6.45, 7) is 1.96. The van der Waals surface area contributed by atoms with Crippen molar-refractivity contribution in [2.75, 3.05) is 26.2 Å². The highest BCUT2D eigenvalue weighted by Crippen LogP contribution is 2.24. The first-order chi connectivity index (χ1) is 13.2. The highest BCUT2D eigenvalue weighted by molar-refractivity contribution is 5.95. The number of ether oxygens (including phenoxy) is 1. The van der Waals surface area contributed by atoms with Crippen molar-refractivity contribution in [3.8, 4) is 11.5 Å². The zero-order valence-corrected chi connectivity index (χ0v) is 16.5. The number of piperidine rings is 1. The first-order valence-corrected chi connectivity index (χ1v) is 9.27. The van der Waals surface area contributed by atoms with E-state index < -0.39 is 0 Å². The molecule has 3 rings (SSSR count). The summed E-state index contributed by atoms with van der Waals surface area (Å²) in [5.41, 5.74) is 6.00. The van der Waals surface area contributed by atoms with Crippen LogP contribution < -0.4 is 15.8 Å². The number of para-hydroxylation sites is 1. The predicted octanol–water partition coefficient (Wildman–Crippen LogP) is 2.83. The van der Waals surface area contributed by atoms with Gasteiger partial charge < -0.3 is 20.7 Å². The summed E-state index contributed by atoms with van der Waals surface area (Å²) >= 11 is 0. The number of halogens is 1. The number of benzene rings is 2. The average molecular weight is 404 g/mol. The van der Waals surface area contributed by atoms with Gasteiger partial charge in [-0.3, -0.25) is 9.59 Å². The van der Waals surface area contributed by atoms with E-state index in [1.165, 1.54) is 0 Å². The Morgan fingerprint density at radius 2 is 1.86 bits per heavy atom. The van der Waals surface area contributed by atoms with Gasteiger partial charge in [-0.1, -0.05) is 24.3 Å². The number of carbonyl (C=O) groups excluding carboxylic acids is 2. The first kappa shape index (κ1) is 21.7. The van der Waals surface area contributed by atoms with Gasteiger partial charge in [0.25, 0.3) is 5.91 Å². The number of carbonyl (C=O) groups is 2. The van der Waals surface area contributed by atoms with E-state index in [1.807, 2.05) is 36.4 Å². The fraction of sp³-hybridized carbons (Fsp3) is 0.333. The molecular formula is C21H26ClN3O3. The lowest BCUT2D eigenvalue weighted by molar-refractivity contribution is -0.126. The van der Waals surface area contributed by atoms with Crippen LogP contribution >= 0.6 is 12.4 Å². The molecule has 0 radical (unpaired) electrons. The molecule has 2 aromatic carbocycles. The van der Waals surface area contributed by atoms with Crippen molar-refractivity contribution in [2.24, 2.45) is 11.7 Å². The number of hydrogen-bond acceptors (Lipinski definition) is 4. The molecule has 0 aromatic heterocycles. The molecule has 0 aliphatic carbocycles. The smallest absolute Gasteiger partial charge is 0.254 e. The zero-order chi connectivity index (χ0) is 19.1. The number of nitrogens with zero attached hydrogens (tertiary/aromatic N) is 1. The van der Waals surface area contributed by atoms with Crippen LogP contribution in [0.2, 0.25) is 0 Å². The van der Waals surface area contributed by atoms with Gasteiger partial charge in [-0.15, -0.1) is 12.4 Å². The van der Waals surface area contributed by atoms with E-state index in [9.17, 15) is 9.59 Å². The molecule has 1 heterocycles. The van der Waals surface area contributed by atoms with Crippen LogP contribution in [0.3, 0.4) is 0 Å². The third-order valence-corrected chi connectivity index (χ3v) is 4.58. The second-order valence-corrected chi connectivity index (χ2v) is 6.61. The van der Waals surface area contributed by atoms with E-state index in [0.717, 1.165) is 18.6 Å². The lowest BCUT2D eigenvalue weighted by Crippen LogP contribution is -2.46. The predicted molar refractivity (Wildman–Crippen MR) is 111 cm³/mol.